The quantitative estimate of drug-likeness (QED) is 0.699. The molecule has 1 nitrogen and oxygen atoms in total. The van der Waals surface area contributed by atoms with Crippen LogP contribution in [-0.2, 0) is 19.3 Å². The summed E-state index contributed by atoms with van der Waals surface area (Å²) in [6.07, 6.45) is 6.46. The van der Waals surface area contributed by atoms with Gasteiger partial charge in [0.15, 0.2) is 0 Å². The number of aromatic amines is 1. The fourth-order valence-electron chi connectivity index (χ4n) is 2.34. The van der Waals surface area contributed by atoms with E-state index in [2.05, 4.69) is 31.8 Å². The number of aryl methyl sites for hydroxylation is 2. The Bertz CT molecular complexity index is 291. The molecule has 78 valence electrons. The van der Waals surface area contributed by atoms with Crippen LogP contribution in [0.5, 0.6) is 0 Å². The highest BCUT2D eigenvalue weighted by molar-refractivity contribution is 5.28. The standard InChI is InChI=1S/C13H21N/c1-13(2,3)9-11-8-10-6-4-5-7-12(10)14-11/h8,14H,4-7,9H2,1-3H3. The molecule has 0 saturated heterocycles. The first-order valence-corrected chi connectivity index (χ1v) is 5.74. The first-order valence-electron chi connectivity index (χ1n) is 5.74. The van der Waals surface area contributed by atoms with Crippen LogP contribution in [0.25, 0.3) is 0 Å². The van der Waals surface area contributed by atoms with Crippen molar-refractivity contribution in [2.75, 3.05) is 0 Å². The summed E-state index contributed by atoms with van der Waals surface area (Å²) in [4.78, 5) is 3.59. The number of H-pyrrole nitrogens is 1. The molecule has 0 bridgehead atoms. The van der Waals surface area contributed by atoms with E-state index in [1.807, 2.05) is 0 Å². The van der Waals surface area contributed by atoms with Gasteiger partial charge in [-0.1, -0.05) is 20.8 Å². The van der Waals surface area contributed by atoms with Crippen LogP contribution in [0.4, 0.5) is 0 Å². The van der Waals surface area contributed by atoms with E-state index in [9.17, 15) is 0 Å². The number of fused-ring (bicyclic) bond motifs is 1. The van der Waals surface area contributed by atoms with Gasteiger partial charge in [-0.05, 0) is 49.1 Å². The maximum atomic E-state index is 3.59. The highest BCUT2D eigenvalue weighted by atomic mass is 14.7. The molecule has 1 heterocycles. The van der Waals surface area contributed by atoms with Gasteiger partial charge in [-0.25, -0.2) is 0 Å². The predicted octanol–water partition coefficient (Wildman–Crippen LogP) is 3.48. The lowest BCUT2D eigenvalue weighted by Gasteiger charge is -2.16. The largest absolute Gasteiger partial charge is 0.362 e. The van der Waals surface area contributed by atoms with Crippen LogP contribution in [0, 0.1) is 5.41 Å². The molecule has 0 aliphatic heterocycles. The molecular weight excluding hydrogens is 170 g/mol. The summed E-state index contributed by atoms with van der Waals surface area (Å²) in [6.45, 7) is 6.90. The number of rotatable bonds is 1. The Hall–Kier alpha value is -0.720. The van der Waals surface area contributed by atoms with Gasteiger partial charge in [-0.3, -0.25) is 0 Å². The second kappa shape index (κ2) is 3.45. The van der Waals surface area contributed by atoms with Gasteiger partial charge in [-0.15, -0.1) is 0 Å². The summed E-state index contributed by atoms with van der Waals surface area (Å²) < 4.78 is 0. The minimum atomic E-state index is 0.396. The average molecular weight is 191 g/mol. The van der Waals surface area contributed by atoms with Crippen LogP contribution >= 0.6 is 0 Å². The van der Waals surface area contributed by atoms with Gasteiger partial charge in [0.2, 0.25) is 0 Å². The molecule has 14 heavy (non-hydrogen) atoms. The lowest BCUT2D eigenvalue weighted by Crippen LogP contribution is -2.09. The maximum absolute atomic E-state index is 3.59. The third kappa shape index (κ3) is 2.20. The Morgan fingerprint density at radius 3 is 2.57 bits per heavy atom. The van der Waals surface area contributed by atoms with Crippen molar-refractivity contribution in [2.24, 2.45) is 5.41 Å². The lowest BCUT2D eigenvalue weighted by atomic mass is 9.90. The molecule has 1 aliphatic carbocycles. The molecule has 1 heteroatoms. The van der Waals surface area contributed by atoms with Crippen molar-refractivity contribution in [3.05, 3.63) is 23.0 Å². The minimum absolute atomic E-state index is 0.396. The van der Waals surface area contributed by atoms with E-state index in [-0.39, 0.29) is 0 Å². The molecule has 1 aromatic rings. The fraction of sp³-hybridized carbons (Fsp3) is 0.692. The van der Waals surface area contributed by atoms with E-state index in [0.29, 0.717) is 5.41 Å². The molecule has 0 amide bonds. The molecule has 0 atom stereocenters. The Kier molecular flexibility index (Phi) is 2.42. The molecule has 0 aromatic carbocycles. The molecule has 1 N–H and O–H groups in total. The normalized spacial score (nSPS) is 16.8. The van der Waals surface area contributed by atoms with Crippen molar-refractivity contribution in [3.8, 4) is 0 Å². The van der Waals surface area contributed by atoms with Crippen molar-refractivity contribution in [2.45, 2.75) is 52.9 Å². The first kappa shape index (κ1) is 9.82. The smallest absolute Gasteiger partial charge is 0.0181 e. The summed E-state index contributed by atoms with van der Waals surface area (Å²) >= 11 is 0. The molecule has 0 radical (unpaired) electrons. The molecule has 0 unspecified atom stereocenters. The van der Waals surface area contributed by atoms with E-state index < -0.39 is 0 Å². The Morgan fingerprint density at radius 2 is 1.93 bits per heavy atom. The molecular formula is C13H21N. The second-order valence-corrected chi connectivity index (χ2v) is 5.74. The molecule has 0 saturated carbocycles. The van der Waals surface area contributed by atoms with Gasteiger partial charge >= 0.3 is 0 Å². The van der Waals surface area contributed by atoms with E-state index in [1.54, 1.807) is 5.56 Å². The first-order chi connectivity index (χ1) is 6.54. The summed E-state index contributed by atoms with van der Waals surface area (Å²) in [7, 11) is 0. The Labute approximate surface area is 86.9 Å². The number of aromatic nitrogens is 1. The van der Waals surface area contributed by atoms with Gasteiger partial charge in [0.1, 0.15) is 0 Å². The van der Waals surface area contributed by atoms with Crippen LogP contribution in [-0.4, -0.2) is 4.98 Å². The van der Waals surface area contributed by atoms with Gasteiger partial charge in [-0.2, -0.15) is 0 Å². The Morgan fingerprint density at radius 1 is 1.21 bits per heavy atom. The molecule has 1 aliphatic rings. The Balaban J connectivity index is 2.16. The summed E-state index contributed by atoms with van der Waals surface area (Å²) in [6, 6.07) is 2.39. The van der Waals surface area contributed by atoms with Crippen molar-refractivity contribution >= 4 is 0 Å². The van der Waals surface area contributed by atoms with Crippen molar-refractivity contribution in [3.63, 3.8) is 0 Å². The minimum Gasteiger partial charge on any atom is -0.362 e. The predicted molar refractivity (Wildman–Crippen MR) is 60.6 cm³/mol. The topological polar surface area (TPSA) is 15.8 Å². The van der Waals surface area contributed by atoms with E-state index in [4.69, 9.17) is 0 Å². The lowest BCUT2D eigenvalue weighted by molar-refractivity contribution is 0.407. The van der Waals surface area contributed by atoms with Crippen molar-refractivity contribution in [1.82, 2.24) is 4.98 Å². The average Bonchev–Trinajstić information content (AvgIpc) is 2.42. The van der Waals surface area contributed by atoms with Gasteiger partial charge in [0.25, 0.3) is 0 Å². The van der Waals surface area contributed by atoms with Gasteiger partial charge < -0.3 is 4.98 Å². The molecule has 2 rings (SSSR count). The van der Waals surface area contributed by atoms with Gasteiger partial charge in [0, 0.05) is 11.4 Å². The van der Waals surface area contributed by atoms with Crippen LogP contribution < -0.4 is 0 Å². The van der Waals surface area contributed by atoms with Crippen molar-refractivity contribution < 1.29 is 0 Å². The zero-order valence-electron chi connectivity index (χ0n) is 9.61. The number of hydrogen-bond donors (Lipinski definition) is 1. The second-order valence-electron chi connectivity index (χ2n) is 5.74. The van der Waals surface area contributed by atoms with E-state index in [0.717, 1.165) is 0 Å². The third-order valence-electron chi connectivity index (χ3n) is 2.89. The van der Waals surface area contributed by atoms with Crippen LogP contribution in [0.2, 0.25) is 0 Å². The third-order valence-corrected chi connectivity index (χ3v) is 2.89. The van der Waals surface area contributed by atoms with Crippen LogP contribution in [0.1, 0.15) is 50.6 Å². The monoisotopic (exact) mass is 191 g/mol. The summed E-state index contributed by atoms with van der Waals surface area (Å²) in [5.74, 6) is 0. The van der Waals surface area contributed by atoms with Crippen LogP contribution in [0.3, 0.4) is 0 Å². The summed E-state index contributed by atoms with van der Waals surface area (Å²) in [5.41, 5.74) is 4.92. The summed E-state index contributed by atoms with van der Waals surface area (Å²) in [5, 5.41) is 0. The van der Waals surface area contributed by atoms with Crippen LogP contribution in [0.15, 0.2) is 6.07 Å². The highest BCUT2D eigenvalue weighted by Crippen LogP contribution is 2.25. The highest BCUT2D eigenvalue weighted by Gasteiger charge is 2.16. The number of nitrogens with one attached hydrogen (secondary N) is 1. The maximum Gasteiger partial charge on any atom is 0.0181 e. The van der Waals surface area contributed by atoms with Gasteiger partial charge in [0.05, 0.1) is 0 Å². The SMILES string of the molecule is CC(C)(C)Cc1cc2c([nH]1)CCCC2. The van der Waals surface area contributed by atoms with Crippen molar-refractivity contribution in [1.29, 1.82) is 0 Å². The molecule has 0 spiro atoms. The molecule has 1 aromatic heterocycles. The number of hydrogen-bond acceptors (Lipinski definition) is 0. The van der Waals surface area contributed by atoms with E-state index in [1.165, 1.54) is 43.5 Å². The fourth-order valence-corrected chi connectivity index (χ4v) is 2.34. The zero-order valence-corrected chi connectivity index (χ0v) is 9.61. The van der Waals surface area contributed by atoms with E-state index >= 15 is 0 Å². The zero-order chi connectivity index (χ0) is 10.2. The molecule has 0 fully saturated rings.